The Morgan fingerprint density at radius 1 is 1.29 bits per heavy atom. The van der Waals surface area contributed by atoms with Gasteiger partial charge in [0.25, 0.3) is 0 Å². The van der Waals surface area contributed by atoms with Crippen LogP contribution in [0.15, 0.2) is 23.3 Å². The Morgan fingerprint density at radius 2 is 2.07 bits per heavy atom. The standard InChI is InChI=1S/C21H29FN4O2/c1-24(2)20(27)17(14-26-9-3-8-23-26)13-25-10-6-21(7-11-25)19-12-18(22)5-4-16(19)15-28-21/h4-5,8,12,17H,3,6-7,9-11,13-15H2,1-2H3. The maximum Gasteiger partial charge on any atom is 0.228 e. The number of rotatable bonds is 5. The van der Waals surface area contributed by atoms with Gasteiger partial charge in [0.15, 0.2) is 0 Å². The molecule has 1 aromatic carbocycles. The molecule has 0 radical (unpaired) electrons. The van der Waals surface area contributed by atoms with Crippen LogP contribution in [0.2, 0.25) is 0 Å². The summed E-state index contributed by atoms with van der Waals surface area (Å²) in [6.07, 6.45) is 4.51. The number of hydrogen-bond acceptors (Lipinski definition) is 5. The SMILES string of the molecule is CN(C)C(=O)C(CN1CCC2(CC1)OCc1ccc(F)cc12)CN1CCC=N1. The number of carbonyl (C=O) groups excluding carboxylic acids is 1. The maximum absolute atomic E-state index is 13.8. The van der Waals surface area contributed by atoms with Crippen LogP contribution in [0.25, 0.3) is 0 Å². The van der Waals surface area contributed by atoms with Crippen LogP contribution >= 0.6 is 0 Å². The summed E-state index contributed by atoms with van der Waals surface area (Å²) in [5.41, 5.74) is 1.75. The average Bonchev–Trinajstić information content (AvgIpc) is 3.31. The summed E-state index contributed by atoms with van der Waals surface area (Å²) in [7, 11) is 3.62. The number of benzene rings is 1. The molecule has 1 amide bonds. The Balaban J connectivity index is 1.41. The first-order valence-corrected chi connectivity index (χ1v) is 10.1. The molecule has 1 spiro atoms. The van der Waals surface area contributed by atoms with Crippen molar-refractivity contribution in [1.29, 1.82) is 0 Å². The van der Waals surface area contributed by atoms with E-state index in [-0.39, 0.29) is 23.2 Å². The molecule has 4 rings (SSSR count). The van der Waals surface area contributed by atoms with Crippen molar-refractivity contribution in [2.45, 2.75) is 31.5 Å². The topological polar surface area (TPSA) is 48.4 Å². The monoisotopic (exact) mass is 388 g/mol. The van der Waals surface area contributed by atoms with Crippen LogP contribution in [0.1, 0.15) is 30.4 Å². The predicted octanol–water partition coefficient (Wildman–Crippen LogP) is 2.04. The molecule has 1 fully saturated rings. The van der Waals surface area contributed by atoms with Crippen molar-refractivity contribution < 1.29 is 13.9 Å². The fraction of sp³-hybridized carbons (Fsp3) is 0.619. The van der Waals surface area contributed by atoms with Gasteiger partial charge >= 0.3 is 0 Å². The zero-order valence-electron chi connectivity index (χ0n) is 16.7. The van der Waals surface area contributed by atoms with Gasteiger partial charge in [-0.1, -0.05) is 6.07 Å². The lowest BCUT2D eigenvalue weighted by Gasteiger charge is -2.40. The van der Waals surface area contributed by atoms with Crippen molar-refractivity contribution in [3.63, 3.8) is 0 Å². The van der Waals surface area contributed by atoms with Crippen LogP contribution in [0.3, 0.4) is 0 Å². The second-order valence-electron chi connectivity index (χ2n) is 8.31. The van der Waals surface area contributed by atoms with Crippen molar-refractivity contribution in [2.75, 3.05) is 46.8 Å². The molecule has 28 heavy (non-hydrogen) atoms. The molecule has 1 atom stereocenters. The molecule has 3 heterocycles. The number of halogens is 1. The number of likely N-dealkylation sites (tertiary alicyclic amines) is 1. The molecule has 0 bridgehead atoms. The van der Waals surface area contributed by atoms with Gasteiger partial charge in [0.1, 0.15) is 5.82 Å². The van der Waals surface area contributed by atoms with Gasteiger partial charge in [0.05, 0.1) is 18.1 Å². The number of amides is 1. The van der Waals surface area contributed by atoms with Crippen LogP contribution < -0.4 is 0 Å². The smallest absolute Gasteiger partial charge is 0.228 e. The summed E-state index contributed by atoms with van der Waals surface area (Å²) in [5, 5.41) is 6.36. The van der Waals surface area contributed by atoms with Gasteiger partial charge in [-0.25, -0.2) is 4.39 Å². The third kappa shape index (κ3) is 3.78. The van der Waals surface area contributed by atoms with Crippen LogP contribution in [-0.4, -0.2) is 73.7 Å². The van der Waals surface area contributed by atoms with Crippen LogP contribution in [0.4, 0.5) is 4.39 Å². The Morgan fingerprint density at radius 3 is 2.75 bits per heavy atom. The largest absolute Gasteiger partial charge is 0.365 e. The fourth-order valence-corrected chi connectivity index (χ4v) is 4.62. The molecular weight excluding hydrogens is 359 g/mol. The summed E-state index contributed by atoms with van der Waals surface area (Å²) in [6.45, 7) is 4.50. The molecule has 1 unspecified atom stereocenters. The Bertz CT molecular complexity index is 759. The predicted molar refractivity (Wildman–Crippen MR) is 105 cm³/mol. The van der Waals surface area contributed by atoms with E-state index in [0.29, 0.717) is 13.2 Å². The Labute approximate surface area is 165 Å². The minimum absolute atomic E-state index is 0.103. The Kier molecular flexibility index (Phi) is 5.38. The van der Waals surface area contributed by atoms with Gasteiger partial charge in [-0.15, -0.1) is 0 Å². The van der Waals surface area contributed by atoms with E-state index in [9.17, 15) is 9.18 Å². The number of piperidine rings is 1. The number of hydrazone groups is 1. The van der Waals surface area contributed by atoms with Crippen molar-refractivity contribution in [2.24, 2.45) is 11.0 Å². The molecule has 0 saturated carbocycles. The molecule has 1 saturated heterocycles. The van der Waals surface area contributed by atoms with Gasteiger partial charge in [-0.2, -0.15) is 5.10 Å². The second kappa shape index (κ2) is 7.79. The number of nitrogens with zero attached hydrogens (tertiary/aromatic N) is 4. The first kappa shape index (κ1) is 19.3. The highest BCUT2D eigenvalue weighted by molar-refractivity contribution is 5.78. The van der Waals surface area contributed by atoms with E-state index in [1.54, 1.807) is 11.0 Å². The van der Waals surface area contributed by atoms with Gasteiger partial charge in [-0.3, -0.25) is 9.80 Å². The maximum atomic E-state index is 13.8. The minimum Gasteiger partial charge on any atom is -0.365 e. The Hall–Kier alpha value is -1.99. The van der Waals surface area contributed by atoms with Crippen molar-refractivity contribution in [3.05, 3.63) is 35.1 Å². The molecule has 1 aromatic rings. The normalized spacial score (nSPS) is 21.9. The van der Waals surface area contributed by atoms with E-state index in [4.69, 9.17) is 4.74 Å². The lowest BCUT2D eigenvalue weighted by atomic mass is 9.83. The van der Waals surface area contributed by atoms with Gasteiger partial charge in [-0.05, 0) is 36.1 Å². The van der Waals surface area contributed by atoms with Gasteiger partial charge in [0, 0.05) is 59.5 Å². The molecule has 6 nitrogen and oxygen atoms in total. The highest BCUT2D eigenvalue weighted by Gasteiger charge is 2.43. The summed E-state index contributed by atoms with van der Waals surface area (Å²) in [6, 6.07) is 4.99. The molecule has 0 N–H and O–H groups in total. The molecule has 0 aromatic heterocycles. The van der Waals surface area contributed by atoms with E-state index < -0.39 is 0 Å². The van der Waals surface area contributed by atoms with E-state index in [1.165, 1.54) is 6.07 Å². The molecule has 152 valence electrons. The van der Waals surface area contributed by atoms with Crippen LogP contribution in [0.5, 0.6) is 0 Å². The summed E-state index contributed by atoms with van der Waals surface area (Å²) in [4.78, 5) is 16.7. The number of carbonyl (C=O) groups is 1. The zero-order chi connectivity index (χ0) is 19.7. The average molecular weight is 388 g/mol. The molecule has 3 aliphatic heterocycles. The second-order valence-corrected chi connectivity index (χ2v) is 8.31. The first-order valence-electron chi connectivity index (χ1n) is 10.1. The third-order valence-corrected chi connectivity index (χ3v) is 6.19. The highest BCUT2D eigenvalue weighted by Crippen LogP contribution is 2.44. The number of ether oxygens (including phenoxy) is 1. The minimum atomic E-state index is -0.367. The van der Waals surface area contributed by atoms with Crippen LogP contribution in [0, 0.1) is 11.7 Å². The third-order valence-electron chi connectivity index (χ3n) is 6.19. The summed E-state index contributed by atoms with van der Waals surface area (Å²) >= 11 is 0. The summed E-state index contributed by atoms with van der Waals surface area (Å²) in [5.74, 6) is -0.158. The van der Waals surface area contributed by atoms with E-state index in [2.05, 4.69) is 10.0 Å². The van der Waals surface area contributed by atoms with Crippen molar-refractivity contribution in [1.82, 2.24) is 14.8 Å². The molecule has 7 heteroatoms. The summed E-state index contributed by atoms with van der Waals surface area (Å²) < 4.78 is 19.9. The fourth-order valence-electron chi connectivity index (χ4n) is 4.62. The van der Waals surface area contributed by atoms with Crippen molar-refractivity contribution in [3.8, 4) is 0 Å². The quantitative estimate of drug-likeness (QED) is 0.775. The van der Waals surface area contributed by atoms with E-state index in [0.717, 1.165) is 56.6 Å². The van der Waals surface area contributed by atoms with Gasteiger partial charge in [0.2, 0.25) is 5.91 Å². The zero-order valence-corrected chi connectivity index (χ0v) is 16.7. The highest BCUT2D eigenvalue weighted by atomic mass is 19.1. The van der Waals surface area contributed by atoms with E-state index in [1.807, 2.05) is 31.4 Å². The molecule has 3 aliphatic rings. The number of fused-ring (bicyclic) bond motifs is 2. The van der Waals surface area contributed by atoms with E-state index >= 15 is 0 Å². The van der Waals surface area contributed by atoms with Crippen LogP contribution in [-0.2, 0) is 21.7 Å². The lowest BCUT2D eigenvalue weighted by molar-refractivity contribution is -0.135. The first-order chi connectivity index (χ1) is 13.5. The molecular formula is C21H29FN4O2. The lowest BCUT2D eigenvalue weighted by Crippen LogP contribution is -2.48. The van der Waals surface area contributed by atoms with Crippen molar-refractivity contribution >= 4 is 12.1 Å². The number of hydrogen-bond donors (Lipinski definition) is 0. The molecule has 0 aliphatic carbocycles. The van der Waals surface area contributed by atoms with Gasteiger partial charge < -0.3 is 14.5 Å².